The summed E-state index contributed by atoms with van der Waals surface area (Å²) in [7, 11) is 1.26. The van der Waals surface area contributed by atoms with Crippen molar-refractivity contribution in [2.24, 2.45) is 0 Å². The maximum absolute atomic E-state index is 12.1. The van der Waals surface area contributed by atoms with E-state index in [2.05, 4.69) is 13.6 Å². The Morgan fingerprint density at radius 3 is 2.24 bits per heavy atom. The van der Waals surface area contributed by atoms with Crippen molar-refractivity contribution in [3.8, 4) is 0 Å². The molecule has 0 heterocycles. The number of alkyl halides is 3. The summed E-state index contributed by atoms with van der Waals surface area (Å²) in [6.07, 6.45) is 5.29. The van der Waals surface area contributed by atoms with E-state index in [-0.39, 0.29) is 19.9 Å². The van der Waals surface area contributed by atoms with Crippen molar-refractivity contribution in [3.63, 3.8) is 0 Å². The highest BCUT2D eigenvalue weighted by Gasteiger charge is 2.30. The Labute approximate surface area is 134 Å². The van der Waals surface area contributed by atoms with Gasteiger partial charge in [-0.15, -0.1) is 7.92 Å². The van der Waals surface area contributed by atoms with Crippen molar-refractivity contribution < 1.29 is 17.9 Å². The molecule has 0 bridgehead atoms. The Morgan fingerprint density at radius 2 is 1.71 bits per heavy atom. The number of hydrogen-bond acceptors (Lipinski definition) is 3. The molecule has 0 aliphatic heterocycles. The van der Waals surface area contributed by atoms with Crippen LogP contribution in [-0.4, -0.2) is 55.6 Å². The van der Waals surface area contributed by atoms with Crippen molar-refractivity contribution >= 4 is 19.9 Å². The van der Waals surface area contributed by atoms with Gasteiger partial charge in [-0.1, -0.05) is 33.6 Å². The number of rotatable bonds is 11. The van der Waals surface area contributed by atoms with Gasteiger partial charge in [0.2, 0.25) is 0 Å². The highest BCUT2D eigenvalue weighted by molar-refractivity contribution is 7.97. The fourth-order valence-electron chi connectivity index (χ4n) is 1.42. The molecule has 0 radical (unpaired) electrons. The van der Waals surface area contributed by atoms with Crippen LogP contribution in [0.25, 0.3) is 0 Å². The molecule has 0 aliphatic carbocycles. The third-order valence-electron chi connectivity index (χ3n) is 2.57. The minimum atomic E-state index is -4.17. The fourth-order valence-corrected chi connectivity index (χ4v) is 3.40. The second kappa shape index (κ2) is 15.4. The summed E-state index contributed by atoms with van der Waals surface area (Å²) < 4.78 is 43.0. The van der Waals surface area contributed by atoms with Gasteiger partial charge in [0.1, 0.15) is 0 Å². The Kier molecular flexibility index (Phi) is 17.4. The van der Waals surface area contributed by atoms with E-state index in [1.54, 1.807) is 0 Å². The van der Waals surface area contributed by atoms with Crippen LogP contribution in [0.4, 0.5) is 13.2 Å². The van der Waals surface area contributed by atoms with Crippen LogP contribution in [0.15, 0.2) is 0 Å². The van der Waals surface area contributed by atoms with Crippen molar-refractivity contribution in [1.29, 1.82) is 0 Å². The van der Waals surface area contributed by atoms with Crippen LogP contribution in [0.1, 0.15) is 40.0 Å². The molecule has 130 valence electrons. The molecule has 0 saturated carbocycles. The Bertz CT molecular complexity index is 221. The van der Waals surface area contributed by atoms with Crippen LogP contribution in [0.2, 0.25) is 0 Å². The highest BCUT2D eigenvalue weighted by atomic mass is 32.2. The zero-order valence-corrected chi connectivity index (χ0v) is 15.7. The molecule has 1 atom stereocenters. The van der Waals surface area contributed by atoms with Gasteiger partial charge in [-0.25, -0.2) is 4.31 Å². The number of unbranched alkanes of at least 4 members (excludes halogenated alkanes) is 2. The first-order chi connectivity index (χ1) is 9.85. The molecule has 1 unspecified atom stereocenters. The summed E-state index contributed by atoms with van der Waals surface area (Å²) in [5, 5.41) is 0. The number of hydrogen-bond donors (Lipinski definition) is 0. The van der Waals surface area contributed by atoms with Crippen molar-refractivity contribution in [1.82, 2.24) is 4.31 Å². The highest BCUT2D eigenvalue weighted by Crippen LogP contribution is 2.34. The van der Waals surface area contributed by atoms with Crippen LogP contribution < -0.4 is 0 Å². The average molecular weight is 349 g/mol. The van der Waals surface area contributed by atoms with Gasteiger partial charge in [0.15, 0.2) is 0 Å². The average Bonchev–Trinajstić information content (AvgIpc) is 2.41. The van der Waals surface area contributed by atoms with E-state index in [1.165, 1.54) is 24.2 Å². The zero-order valence-electron chi connectivity index (χ0n) is 14.0. The van der Waals surface area contributed by atoms with Crippen LogP contribution in [0, 0.1) is 0 Å². The van der Waals surface area contributed by atoms with Gasteiger partial charge in [0.05, 0.1) is 6.61 Å². The Hall–Kier alpha value is 0.490. The molecule has 21 heavy (non-hydrogen) atoms. The van der Waals surface area contributed by atoms with Gasteiger partial charge < -0.3 is 4.74 Å². The van der Waals surface area contributed by atoms with Crippen molar-refractivity contribution in [3.05, 3.63) is 0 Å². The van der Waals surface area contributed by atoms with E-state index in [0.29, 0.717) is 6.54 Å². The minimum absolute atomic E-state index is 0.0514. The quantitative estimate of drug-likeness (QED) is 0.280. The summed E-state index contributed by atoms with van der Waals surface area (Å²) in [4.78, 5) is 0. The van der Waals surface area contributed by atoms with Crippen LogP contribution >= 0.6 is 19.9 Å². The lowest BCUT2D eigenvalue weighted by molar-refractivity contribution is -0.0357. The number of nitrogens with zero attached hydrogens (tertiary/aromatic N) is 1. The first-order valence-corrected chi connectivity index (χ1v) is 10.5. The van der Waals surface area contributed by atoms with Gasteiger partial charge in [0, 0.05) is 25.1 Å². The molecule has 0 saturated heterocycles. The van der Waals surface area contributed by atoms with E-state index in [0.717, 1.165) is 32.0 Å². The van der Waals surface area contributed by atoms with Gasteiger partial charge in [0.25, 0.3) is 0 Å². The third-order valence-corrected chi connectivity index (χ3v) is 5.18. The lowest BCUT2D eigenvalue weighted by atomic mass is 10.3. The first-order valence-electron chi connectivity index (χ1n) is 7.58. The molecule has 0 aromatic rings. The molecule has 0 fully saturated rings. The Balaban J connectivity index is 0. The van der Waals surface area contributed by atoms with Gasteiger partial charge in [-0.05, 0) is 32.5 Å². The maximum atomic E-state index is 12.1. The van der Waals surface area contributed by atoms with E-state index in [1.807, 2.05) is 13.8 Å². The summed E-state index contributed by atoms with van der Waals surface area (Å²) in [5.41, 5.74) is -4.17. The normalized spacial score (nSPS) is 13.0. The third kappa shape index (κ3) is 20.5. The number of ether oxygens (including phenoxy) is 1. The summed E-state index contributed by atoms with van der Waals surface area (Å²) in [6, 6.07) is 0. The largest absolute Gasteiger partial charge is 0.456 e. The van der Waals surface area contributed by atoms with E-state index < -0.39 is 5.51 Å². The van der Waals surface area contributed by atoms with Crippen molar-refractivity contribution in [2.45, 2.75) is 45.5 Å². The summed E-state index contributed by atoms with van der Waals surface area (Å²) in [6.45, 7) is 10.3. The van der Waals surface area contributed by atoms with E-state index in [4.69, 9.17) is 4.74 Å². The molecule has 0 spiro atoms. The van der Waals surface area contributed by atoms with E-state index >= 15 is 0 Å². The predicted molar refractivity (Wildman–Crippen MR) is 90.5 cm³/mol. The van der Waals surface area contributed by atoms with Crippen LogP contribution in [-0.2, 0) is 4.74 Å². The molecule has 2 nitrogen and oxygen atoms in total. The topological polar surface area (TPSA) is 12.5 Å². The minimum Gasteiger partial charge on any atom is -0.381 e. The van der Waals surface area contributed by atoms with E-state index in [9.17, 15) is 13.2 Å². The molecule has 0 amide bonds. The zero-order chi connectivity index (χ0) is 16.7. The molecule has 0 aromatic carbocycles. The van der Waals surface area contributed by atoms with Crippen molar-refractivity contribution in [2.75, 3.05) is 45.8 Å². The standard InChI is InChI=1S/C12H25F3NOPS.C2H6/c1-4-5-6-8-17-9-11-18(3)10-7-16(2)19-12(13,14)15;1-2/h4-11H2,1-3H3;1-2H3. The smallest absolute Gasteiger partial charge is 0.381 e. The van der Waals surface area contributed by atoms with Gasteiger partial charge in [-0.3, -0.25) is 0 Å². The fraction of sp³-hybridized carbons (Fsp3) is 1.00. The lowest BCUT2D eigenvalue weighted by Crippen LogP contribution is -2.20. The SMILES string of the molecule is CC.CCCCCOCCP(C)CCN(C)SC(F)(F)F. The van der Waals surface area contributed by atoms with Crippen LogP contribution in [0.3, 0.4) is 0 Å². The van der Waals surface area contributed by atoms with Crippen LogP contribution in [0.5, 0.6) is 0 Å². The second-order valence-electron chi connectivity index (χ2n) is 4.51. The molecule has 0 aromatic heterocycles. The van der Waals surface area contributed by atoms with Gasteiger partial charge >= 0.3 is 5.51 Å². The molecule has 0 N–H and O–H groups in total. The van der Waals surface area contributed by atoms with Gasteiger partial charge in [-0.2, -0.15) is 13.2 Å². The maximum Gasteiger partial charge on any atom is 0.456 e. The molecular formula is C14H31F3NOPS. The Morgan fingerprint density at radius 1 is 1.10 bits per heavy atom. The first kappa shape index (κ1) is 23.8. The summed E-state index contributed by atoms with van der Waals surface area (Å²) >= 11 is -0.0514. The second-order valence-corrected chi connectivity index (χ2v) is 8.39. The molecular weight excluding hydrogens is 318 g/mol. The molecule has 7 heteroatoms. The monoisotopic (exact) mass is 349 g/mol. The predicted octanol–water partition coefficient (Wildman–Crippen LogP) is 5.43. The molecule has 0 aliphatic rings. The summed E-state index contributed by atoms with van der Waals surface area (Å²) in [5.74, 6) is 0. The number of halogens is 3. The lowest BCUT2D eigenvalue weighted by Gasteiger charge is -2.19. The molecule has 0 rings (SSSR count).